The summed E-state index contributed by atoms with van der Waals surface area (Å²) < 4.78 is 11.2. The molecule has 0 aliphatic heterocycles. The van der Waals surface area contributed by atoms with Gasteiger partial charge in [0.1, 0.15) is 24.5 Å². The first-order chi connectivity index (χ1) is 16.2. The number of nitrogens with one attached hydrogen (secondary N) is 1. The Kier molecular flexibility index (Phi) is 10.1. The Bertz CT molecular complexity index is 1030. The third-order valence-electron chi connectivity index (χ3n) is 4.80. The molecule has 0 amide bonds. The second-order valence-electron chi connectivity index (χ2n) is 7.26. The van der Waals surface area contributed by atoms with E-state index in [-0.39, 0.29) is 6.61 Å². The van der Waals surface area contributed by atoms with E-state index >= 15 is 0 Å². The van der Waals surface area contributed by atoms with E-state index in [1.165, 1.54) is 0 Å². The van der Waals surface area contributed by atoms with Gasteiger partial charge in [-0.25, -0.2) is 9.97 Å². The number of rotatable bonds is 13. The zero-order chi connectivity index (χ0) is 23.3. The van der Waals surface area contributed by atoms with E-state index in [1.807, 2.05) is 55.5 Å². The molecule has 0 fully saturated rings. The fraction of sp³-hybridized carbons (Fsp3) is 0.320. The molecule has 7 nitrogen and oxygen atoms in total. The molecule has 3 rings (SSSR count). The molecule has 8 heteroatoms. The van der Waals surface area contributed by atoms with Gasteiger partial charge in [-0.2, -0.15) is 0 Å². The van der Waals surface area contributed by atoms with Gasteiger partial charge < -0.3 is 19.9 Å². The van der Waals surface area contributed by atoms with Gasteiger partial charge in [0, 0.05) is 24.1 Å². The van der Waals surface area contributed by atoms with Crippen LogP contribution in [0.1, 0.15) is 36.7 Å². The van der Waals surface area contributed by atoms with Gasteiger partial charge in [-0.3, -0.25) is 4.98 Å². The Labute approximate surface area is 199 Å². The first-order valence-electron chi connectivity index (χ1n) is 11.0. The van der Waals surface area contributed by atoms with E-state index < -0.39 is 0 Å². The number of nitrogens with zero attached hydrogens (tertiary/aromatic N) is 3. The number of anilines is 2. The second-order valence-corrected chi connectivity index (χ2v) is 7.67. The Morgan fingerprint density at radius 3 is 2.76 bits per heavy atom. The lowest BCUT2D eigenvalue weighted by molar-refractivity contribution is 0.0899. The minimum absolute atomic E-state index is 0.0432. The third kappa shape index (κ3) is 7.82. The topological polar surface area (TPSA) is 89.4 Å². The number of aliphatic hydroxyl groups is 1. The highest BCUT2D eigenvalue weighted by atomic mass is 35.5. The quantitative estimate of drug-likeness (QED) is 0.333. The summed E-state index contributed by atoms with van der Waals surface area (Å²) in [6, 6.07) is 11.2. The van der Waals surface area contributed by atoms with Crippen LogP contribution in [0.5, 0.6) is 5.75 Å². The van der Waals surface area contributed by atoms with Crippen molar-refractivity contribution in [2.45, 2.75) is 32.8 Å². The van der Waals surface area contributed by atoms with E-state index in [0.29, 0.717) is 30.6 Å². The largest absolute Gasteiger partial charge is 0.486 e. The van der Waals surface area contributed by atoms with Gasteiger partial charge in [0.2, 0.25) is 0 Å². The third-order valence-corrected chi connectivity index (χ3v) is 5.10. The summed E-state index contributed by atoms with van der Waals surface area (Å²) in [5, 5.41) is 12.7. The fourth-order valence-electron chi connectivity index (χ4n) is 3.22. The summed E-state index contributed by atoms with van der Waals surface area (Å²) in [5.74, 6) is 1.33. The highest BCUT2D eigenvalue weighted by Crippen LogP contribution is 2.31. The first-order valence-corrected chi connectivity index (χ1v) is 11.3. The summed E-state index contributed by atoms with van der Waals surface area (Å²) >= 11 is 6.47. The predicted molar refractivity (Wildman–Crippen MR) is 131 cm³/mol. The highest BCUT2D eigenvalue weighted by Gasteiger charge is 2.11. The van der Waals surface area contributed by atoms with E-state index in [0.717, 1.165) is 47.7 Å². The van der Waals surface area contributed by atoms with Crippen molar-refractivity contribution in [1.29, 1.82) is 0 Å². The molecule has 2 N–H and O–H groups in total. The second kappa shape index (κ2) is 13.5. The van der Waals surface area contributed by atoms with Crippen molar-refractivity contribution >= 4 is 29.2 Å². The van der Waals surface area contributed by atoms with Crippen molar-refractivity contribution in [1.82, 2.24) is 15.0 Å². The molecule has 0 aliphatic carbocycles. The number of hydrogen-bond donors (Lipinski definition) is 2. The minimum atomic E-state index is 0.0432. The normalized spacial score (nSPS) is 11.1. The van der Waals surface area contributed by atoms with Gasteiger partial charge in [0.15, 0.2) is 0 Å². The van der Waals surface area contributed by atoms with Crippen LogP contribution in [0, 0.1) is 0 Å². The molecule has 174 valence electrons. The summed E-state index contributed by atoms with van der Waals surface area (Å²) in [6.07, 6.45) is 9.83. The van der Waals surface area contributed by atoms with E-state index in [4.69, 9.17) is 26.2 Å². The monoisotopic (exact) mass is 468 g/mol. The Balaban J connectivity index is 1.68. The number of benzene rings is 1. The summed E-state index contributed by atoms with van der Waals surface area (Å²) in [5.41, 5.74) is 3.56. The smallest absolute Gasteiger partial charge is 0.138 e. The predicted octanol–water partition coefficient (Wildman–Crippen LogP) is 5.21. The Morgan fingerprint density at radius 1 is 1.09 bits per heavy atom. The van der Waals surface area contributed by atoms with Gasteiger partial charge in [-0.15, -0.1) is 0 Å². The zero-order valence-corrected chi connectivity index (χ0v) is 19.5. The molecule has 0 saturated heterocycles. The number of aliphatic hydroxyl groups excluding tert-OH is 1. The average Bonchev–Trinajstić information content (AvgIpc) is 2.83. The lowest BCUT2D eigenvalue weighted by Crippen LogP contribution is -2.05. The van der Waals surface area contributed by atoms with Crippen molar-refractivity contribution < 1.29 is 14.6 Å². The van der Waals surface area contributed by atoms with Crippen LogP contribution in [-0.4, -0.2) is 39.9 Å². The molecule has 0 unspecified atom stereocenters. The maximum Gasteiger partial charge on any atom is 0.138 e. The number of ether oxygens (including phenoxy) is 2. The molecule has 0 bridgehead atoms. The standard InChI is InChI=1S/C25H29ClN4O3/c1-2-7-23-21(9-4-6-14-32-15-13-31)25(29-18-28-23)30-19-10-11-24(22(26)16-19)33-17-20-8-3-5-12-27-20/h2-3,5,7-8,10-12,16,18,31H,4,6,9,13-15,17H2,1H3,(H,28,29,30). The minimum Gasteiger partial charge on any atom is -0.486 e. The van der Waals surface area contributed by atoms with Crippen molar-refractivity contribution in [2.75, 3.05) is 25.1 Å². The van der Waals surface area contributed by atoms with Crippen LogP contribution in [0.3, 0.4) is 0 Å². The van der Waals surface area contributed by atoms with E-state index in [9.17, 15) is 0 Å². The van der Waals surface area contributed by atoms with Crippen LogP contribution >= 0.6 is 11.6 Å². The van der Waals surface area contributed by atoms with E-state index in [1.54, 1.807) is 12.5 Å². The number of halogens is 1. The highest BCUT2D eigenvalue weighted by molar-refractivity contribution is 6.32. The Morgan fingerprint density at radius 2 is 2.00 bits per heavy atom. The SMILES string of the molecule is CC=Cc1ncnc(Nc2ccc(OCc3ccccn3)c(Cl)c2)c1CCCCOCCO. The number of hydrogen-bond acceptors (Lipinski definition) is 7. The van der Waals surface area contributed by atoms with Crippen LogP contribution in [0.15, 0.2) is 55.0 Å². The number of aromatic nitrogens is 3. The van der Waals surface area contributed by atoms with Gasteiger partial charge in [0.25, 0.3) is 0 Å². The molecule has 0 aliphatic rings. The van der Waals surface area contributed by atoms with Crippen LogP contribution in [0.4, 0.5) is 11.5 Å². The van der Waals surface area contributed by atoms with Crippen molar-refractivity contribution in [3.63, 3.8) is 0 Å². The van der Waals surface area contributed by atoms with Crippen LogP contribution in [-0.2, 0) is 17.8 Å². The maximum absolute atomic E-state index is 8.81. The van der Waals surface area contributed by atoms with Crippen LogP contribution < -0.4 is 10.1 Å². The van der Waals surface area contributed by atoms with Gasteiger partial charge >= 0.3 is 0 Å². The molecule has 3 aromatic rings. The molecule has 2 aromatic heterocycles. The van der Waals surface area contributed by atoms with Gasteiger partial charge in [0.05, 0.1) is 29.6 Å². The van der Waals surface area contributed by atoms with Gasteiger partial charge in [-0.1, -0.05) is 23.7 Å². The Hall–Kier alpha value is -3.00. The van der Waals surface area contributed by atoms with Crippen LogP contribution in [0.25, 0.3) is 6.08 Å². The zero-order valence-electron chi connectivity index (χ0n) is 18.7. The summed E-state index contributed by atoms with van der Waals surface area (Å²) in [7, 11) is 0. The maximum atomic E-state index is 8.81. The molecular weight excluding hydrogens is 440 g/mol. The molecular formula is C25H29ClN4O3. The molecule has 1 aromatic carbocycles. The van der Waals surface area contributed by atoms with Crippen LogP contribution in [0.2, 0.25) is 5.02 Å². The molecule has 33 heavy (non-hydrogen) atoms. The summed E-state index contributed by atoms with van der Waals surface area (Å²) in [4.78, 5) is 13.2. The van der Waals surface area contributed by atoms with Gasteiger partial charge in [-0.05, 0) is 62.6 Å². The van der Waals surface area contributed by atoms with E-state index in [2.05, 4.69) is 20.3 Å². The molecule has 0 atom stereocenters. The first kappa shape index (κ1) is 24.6. The number of unbranched alkanes of at least 4 members (excludes halogenated alkanes) is 1. The number of pyridine rings is 1. The molecule has 0 spiro atoms. The molecule has 2 heterocycles. The van der Waals surface area contributed by atoms with Crippen molar-refractivity contribution in [2.24, 2.45) is 0 Å². The average molecular weight is 469 g/mol. The fourth-order valence-corrected chi connectivity index (χ4v) is 3.46. The molecule has 0 radical (unpaired) electrons. The lowest BCUT2D eigenvalue weighted by Gasteiger charge is -2.14. The van der Waals surface area contributed by atoms with Crippen molar-refractivity contribution in [3.8, 4) is 5.75 Å². The molecule has 0 saturated carbocycles. The summed E-state index contributed by atoms with van der Waals surface area (Å²) in [6.45, 7) is 3.34. The lowest BCUT2D eigenvalue weighted by atomic mass is 10.1. The number of allylic oxidation sites excluding steroid dienone is 1. The van der Waals surface area contributed by atoms with Crippen molar-refractivity contribution in [3.05, 3.63) is 77.0 Å².